The molecular weight excluding hydrogens is 605 g/mol. The highest BCUT2D eigenvalue weighted by Gasteiger charge is 2.16. The Hall–Kier alpha value is -6.12. The summed E-state index contributed by atoms with van der Waals surface area (Å²) in [6.45, 7) is 2.07. The molecule has 2 heteroatoms. The maximum Gasteiger partial charge on any atom is 0.0460 e. The van der Waals surface area contributed by atoms with E-state index in [1.54, 1.807) is 6.20 Å². The Morgan fingerprint density at radius 3 is 2.30 bits per heavy atom. The fourth-order valence-corrected chi connectivity index (χ4v) is 6.71. The van der Waals surface area contributed by atoms with Crippen LogP contribution in [0.5, 0.6) is 0 Å². The van der Waals surface area contributed by atoms with E-state index >= 15 is 0 Å². The number of allylic oxidation sites excluding steroid dienone is 7. The van der Waals surface area contributed by atoms with Gasteiger partial charge in [0.25, 0.3) is 0 Å². The highest BCUT2D eigenvalue weighted by Crippen LogP contribution is 2.38. The topological polar surface area (TPSA) is 25.2 Å². The Balaban J connectivity index is 1.35. The molecule has 7 rings (SSSR count). The van der Waals surface area contributed by atoms with E-state index < -0.39 is 0 Å². The van der Waals surface area contributed by atoms with Crippen molar-refractivity contribution in [3.05, 3.63) is 197 Å². The van der Waals surface area contributed by atoms with Gasteiger partial charge in [-0.05, 0) is 104 Å². The van der Waals surface area contributed by atoms with E-state index in [4.69, 9.17) is 4.99 Å². The summed E-state index contributed by atoms with van der Waals surface area (Å²) in [5, 5.41) is 2.52. The molecule has 2 nitrogen and oxygen atoms in total. The highest BCUT2D eigenvalue weighted by atomic mass is 14.7. The minimum absolute atomic E-state index is 0.710. The zero-order chi connectivity index (χ0) is 34.1. The first-order valence-electron chi connectivity index (χ1n) is 17.3. The van der Waals surface area contributed by atoms with E-state index in [0.717, 1.165) is 34.4 Å². The molecule has 0 amide bonds. The lowest BCUT2D eigenvalue weighted by molar-refractivity contribution is 1.27. The molecule has 0 aliphatic heterocycles. The van der Waals surface area contributed by atoms with Gasteiger partial charge in [-0.15, -0.1) is 0 Å². The maximum absolute atomic E-state index is 4.83. The van der Waals surface area contributed by atoms with E-state index in [1.165, 1.54) is 49.7 Å². The van der Waals surface area contributed by atoms with Crippen LogP contribution in [0, 0.1) is 0 Å². The number of hydrogen-bond donors (Lipinski definition) is 0. The van der Waals surface area contributed by atoms with Gasteiger partial charge in [0.2, 0.25) is 0 Å². The number of aliphatic imine (C=N–C) groups is 1. The third-order valence-corrected chi connectivity index (χ3v) is 9.17. The average Bonchev–Trinajstić information content (AvgIpc) is 3.44. The van der Waals surface area contributed by atoms with Gasteiger partial charge in [0.1, 0.15) is 0 Å². The fraction of sp³-hybridized carbons (Fsp3) is 0.0833. The zero-order valence-corrected chi connectivity index (χ0v) is 28.6. The molecule has 0 bridgehead atoms. The number of fused-ring (bicyclic) bond motifs is 3. The van der Waals surface area contributed by atoms with Gasteiger partial charge in [0.15, 0.2) is 0 Å². The van der Waals surface area contributed by atoms with Crippen LogP contribution >= 0.6 is 0 Å². The fourth-order valence-electron chi connectivity index (χ4n) is 6.71. The molecule has 242 valence electrons. The number of hydrogen-bond acceptors (Lipinski definition) is 2. The van der Waals surface area contributed by atoms with Crippen LogP contribution in [-0.2, 0) is 6.42 Å². The summed E-state index contributed by atoms with van der Waals surface area (Å²) in [4.78, 5) is 9.10. The molecular formula is C48H40N2. The number of nitrogens with zero attached hydrogens (tertiary/aromatic N) is 2. The first kappa shape index (κ1) is 32.4. The van der Waals surface area contributed by atoms with Crippen LogP contribution in [0.15, 0.2) is 169 Å². The van der Waals surface area contributed by atoms with Crippen molar-refractivity contribution >= 4 is 40.3 Å². The van der Waals surface area contributed by atoms with Crippen LogP contribution in [0.1, 0.15) is 46.7 Å². The first-order valence-corrected chi connectivity index (χ1v) is 17.3. The van der Waals surface area contributed by atoms with Crippen molar-refractivity contribution in [3.63, 3.8) is 0 Å². The van der Waals surface area contributed by atoms with Gasteiger partial charge in [-0.1, -0.05) is 152 Å². The molecule has 6 aromatic rings. The number of aromatic nitrogens is 1. The molecule has 1 aliphatic rings. The molecule has 5 aromatic carbocycles. The summed E-state index contributed by atoms with van der Waals surface area (Å²) in [5.74, 6) is 0. The molecule has 0 unspecified atom stereocenters. The summed E-state index contributed by atoms with van der Waals surface area (Å²) < 4.78 is 0. The second-order valence-corrected chi connectivity index (χ2v) is 12.5. The predicted octanol–water partition coefficient (Wildman–Crippen LogP) is 12.3. The average molecular weight is 645 g/mol. The van der Waals surface area contributed by atoms with Crippen LogP contribution in [0.3, 0.4) is 0 Å². The third-order valence-electron chi connectivity index (χ3n) is 9.17. The quantitative estimate of drug-likeness (QED) is 0.114. The van der Waals surface area contributed by atoms with Gasteiger partial charge < -0.3 is 0 Å². The van der Waals surface area contributed by atoms with Gasteiger partial charge in [0.05, 0.1) is 0 Å². The van der Waals surface area contributed by atoms with Crippen LogP contribution in [0.2, 0.25) is 0 Å². The molecule has 0 radical (unpaired) electrons. The number of pyridine rings is 1. The zero-order valence-electron chi connectivity index (χ0n) is 28.6. The van der Waals surface area contributed by atoms with Crippen LogP contribution in [-0.4, -0.2) is 17.7 Å². The lowest BCUT2D eigenvalue weighted by atomic mass is 9.87. The lowest BCUT2D eigenvalue weighted by Gasteiger charge is -2.17. The van der Waals surface area contributed by atoms with Crippen LogP contribution < -0.4 is 0 Å². The Morgan fingerprint density at radius 1 is 0.740 bits per heavy atom. The van der Waals surface area contributed by atoms with Gasteiger partial charge in [-0.25, -0.2) is 0 Å². The molecule has 0 saturated carbocycles. The highest BCUT2D eigenvalue weighted by molar-refractivity contribution is 6.03. The third kappa shape index (κ3) is 7.31. The Morgan fingerprint density at radius 2 is 1.52 bits per heavy atom. The largest absolute Gasteiger partial charge is 0.292 e. The SMILES string of the molecule is C\C=C/C(=C\C=C\c1cccnc1)c1cc(C/C(=N\C)c2ccc(-c3ccccc3)cc2)cc(-c2cc3ccccc3c3c2C=CCC=C3)c1. The van der Waals surface area contributed by atoms with Crippen LogP contribution in [0.25, 0.3) is 56.8 Å². The van der Waals surface area contributed by atoms with Crippen molar-refractivity contribution in [1.82, 2.24) is 4.98 Å². The molecule has 0 fully saturated rings. The minimum atomic E-state index is 0.710. The van der Waals surface area contributed by atoms with Crippen molar-refractivity contribution in [2.75, 3.05) is 7.05 Å². The molecule has 0 atom stereocenters. The predicted molar refractivity (Wildman–Crippen MR) is 216 cm³/mol. The molecule has 1 aromatic heterocycles. The molecule has 1 aliphatic carbocycles. The minimum Gasteiger partial charge on any atom is -0.292 e. The monoisotopic (exact) mass is 644 g/mol. The van der Waals surface area contributed by atoms with E-state index in [1.807, 2.05) is 19.3 Å². The smallest absolute Gasteiger partial charge is 0.0460 e. The summed E-state index contributed by atoms with van der Waals surface area (Å²) in [6, 6.07) is 41.5. The van der Waals surface area contributed by atoms with Gasteiger partial charge in [-0.2, -0.15) is 0 Å². The standard InChI is InChI=1S/C48H40N2/c1-3-14-37(20-12-15-35-16-13-28-50-34-35)42-29-36(31-48(49-2)40-26-24-39(25-27-40)38-17-6-4-7-18-38)30-43(32-42)47-33-41-19-10-11-21-44(41)45-22-8-5-9-23-46(45)47/h3-4,6-30,32-34H,5,31H2,1-2H3/b14-3-,15-12+,37-20+,49-48+. The van der Waals surface area contributed by atoms with Crippen molar-refractivity contribution in [1.29, 1.82) is 0 Å². The van der Waals surface area contributed by atoms with E-state index in [-0.39, 0.29) is 0 Å². The van der Waals surface area contributed by atoms with Gasteiger partial charge in [0, 0.05) is 31.6 Å². The second kappa shape index (κ2) is 15.4. The second-order valence-electron chi connectivity index (χ2n) is 12.5. The lowest BCUT2D eigenvalue weighted by Crippen LogP contribution is -2.06. The summed E-state index contributed by atoms with van der Waals surface area (Å²) in [5.41, 5.74) is 14.2. The first-order chi connectivity index (χ1) is 24.7. The van der Waals surface area contributed by atoms with Crippen molar-refractivity contribution in [2.45, 2.75) is 19.8 Å². The molecule has 0 saturated heterocycles. The van der Waals surface area contributed by atoms with Crippen molar-refractivity contribution in [3.8, 4) is 22.3 Å². The van der Waals surface area contributed by atoms with Gasteiger partial charge in [-0.3, -0.25) is 9.98 Å². The van der Waals surface area contributed by atoms with Crippen LogP contribution in [0.4, 0.5) is 0 Å². The van der Waals surface area contributed by atoms with Crippen molar-refractivity contribution in [2.24, 2.45) is 4.99 Å². The summed E-state index contributed by atoms with van der Waals surface area (Å²) in [6.07, 6.45) is 25.1. The molecule has 0 N–H and O–H groups in total. The molecule has 1 heterocycles. The Kier molecular flexibility index (Phi) is 9.99. The summed E-state index contributed by atoms with van der Waals surface area (Å²) >= 11 is 0. The normalized spacial score (nSPS) is 13.3. The van der Waals surface area contributed by atoms with Gasteiger partial charge >= 0.3 is 0 Å². The Bertz CT molecular complexity index is 2300. The van der Waals surface area contributed by atoms with E-state index in [0.29, 0.717) is 6.42 Å². The van der Waals surface area contributed by atoms with E-state index in [2.05, 4.69) is 176 Å². The molecule has 0 spiro atoms. The maximum atomic E-state index is 4.83. The Labute approximate surface area is 295 Å². The number of rotatable bonds is 9. The molecule has 50 heavy (non-hydrogen) atoms. The number of benzene rings is 5. The summed E-state index contributed by atoms with van der Waals surface area (Å²) in [7, 11) is 1.90. The van der Waals surface area contributed by atoms with E-state index in [9.17, 15) is 0 Å². The van der Waals surface area contributed by atoms with Crippen molar-refractivity contribution < 1.29 is 0 Å².